The normalized spacial score (nSPS) is 17.1. The summed E-state index contributed by atoms with van der Waals surface area (Å²) in [5.41, 5.74) is 11.2. The highest BCUT2D eigenvalue weighted by molar-refractivity contribution is 7.99. The molecule has 0 atom stereocenters. The van der Waals surface area contributed by atoms with Gasteiger partial charge in [0.05, 0.1) is 15.6 Å². The van der Waals surface area contributed by atoms with Gasteiger partial charge in [0.25, 0.3) is 0 Å². The number of pyridine rings is 1. The van der Waals surface area contributed by atoms with E-state index < -0.39 is 0 Å². The van der Waals surface area contributed by atoms with Crippen LogP contribution in [0.3, 0.4) is 0 Å². The molecule has 1 aromatic carbocycles. The quantitative estimate of drug-likeness (QED) is 0.438. The zero-order valence-electron chi connectivity index (χ0n) is 18.5. The second-order valence-electron chi connectivity index (χ2n) is 9.17. The van der Waals surface area contributed by atoms with E-state index in [9.17, 15) is 0 Å². The molecule has 3 aromatic heterocycles. The van der Waals surface area contributed by atoms with E-state index in [1.807, 2.05) is 25.4 Å². The Morgan fingerprint density at radius 2 is 1.76 bits per heavy atom. The molecular weight excluding hydrogens is 452 g/mol. The number of aryl methyl sites for hydroxylation is 1. The molecule has 0 unspecified atom stereocenters. The zero-order valence-corrected chi connectivity index (χ0v) is 20.0. The number of piperidine rings is 1. The summed E-state index contributed by atoms with van der Waals surface area (Å²) in [6, 6.07) is 10.8. The van der Waals surface area contributed by atoms with Crippen molar-refractivity contribution >= 4 is 40.8 Å². The molecule has 0 radical (unpaired) electrons. The van der Waals surface area contributed by atoms with Crippen LogP contribution in [0, 0.1) is 12.3 Å². The average Bonchev–Trinajstić information content (AvgIpc) is 3.44. The molecule has 1 aliphatic carbocycles. The topological polar surface area (TPSA) is 72.3 Å². The summed E-state index contributed by atoms with van der Waals surface area (Å²) in [5.74, 6) is 1.30. The van der Waals surface area contributed by atoms with Crippen molar-refractivity contribution in [3.05, 3.63) is 70.8 Å². The van der Waals surface area contributed by atoms with Crippen LogP contribution in [0.2, 0.25) is 5.02 Å². The Labute approximate surface area is 202 Å². The van der Waals surface area contributed by atoms with Crippen molar-refractivity contribution in [2.45, 2.75) is 42.4 Å². The molecule has 0 amide bonds. The maximum atomic E-state index is 6.40. The van der Waals surface area contributed by atoms with Crippen LogP contribution < -0.4 is 10.6 Å². The maximum absolute atomic E-state index is 6.40. The molecule has 6 rings (SSSR count). The molecule has 1 spiro atoms. The van der Waals surface area contributed by atoms with E-state index in [-0.39, 0.29) is 0 Å². The van der Waals surface area contributed by atoms with Gasteiger partial charge in [0.1, 0.15) is 5.82 Å². The summed E-state index contributed by atoms with van der Waals surface area (Å²) in [4.78, 5) is 18.0. The van der Waals surface area contributed by atoms with Crippen LogP contribution in [-0.2, 0) is 12.8 Å². The standard InChI is InChI=1S/C25H25ClN6S/c1-16-21(33-19-6-9-28-22(27)20(19)26)23-29-10-13-32(23)24(30-16)31-11-7-25(8-12-31)14-17-4-2-3-5-18(17)15-25/h2-6,9-10,13H,7-8,11-12,14-15H2,1H3,(H2,27,28). The molecule has 4 aromatic rings. The number of fused-ring (bicyclic) bond motifs is 2. The molecule has 1 saturated heterocycles. The lowest BCUT2D eigenvalue weighted by molar-refractivity contribution is 0.231. The highest BCUT2D eigenvalue weighted by Crippen LogP contribution is 2.45. The highest BCUT2D eigenvalue weighted by atomic mass is 35.5. The first kappa shape index (κ1) is 20.8. The van der Waals surface area contributed by atoms with Crippen molar-refractivity contribution in [1.29, 1.82) is 0 Å². The third-order valence-corrected chi connectivity index (χ3v) is 8.86. The van der Waals surface area contributed by atoms with Gasteiger partial charge in [0, 0.05) is 36.6 Å². The van der Waals surface area contributed by atoms with Gasteiger partial charge >= 0.3 is 0 Å². The zero-order chi connectivity index (χ0) is 22.6. The van der Waals surface area contributed by atoms with Gasteiger partial charge in [-0.2, -0.15) is 0 Å². The molecule has 1 fully saturated rings. The van der Waals surface area contributed by atoms with Crippen LogP contribution in [0.15, 0.2) is 58.7 Å². The van der Waals surface area contributed by atoms with Crippen LogP contribution >= 0.6 is 23.4 Å². The van der Waals surface area contributed by atoms with Gasteiger partial charge in [0.2, 0.25) is 5.95 Å². The van der Waals surface area contributed by atoms with Crippen LogP contribution in [0.1, 0.15) is 29.7 Å². The van der Waals surface area contributed by atoms with Crippen LogP contribution in [0.4, 0.5) is 11.8 Å². The molecule has 2 aliphatic rings. The lowest BCUT2D eigenvalue weighted by atomic mass is 9.76. The fourth-order valence-electron chi connectivity index (χ4n) is 5.33. The van der Waals surface area contributed by atoms with Gasteiger partial charge in [-0.3, -0.25) is 4.40 Å². The van der Waals surface area contributed by atoms with E-state index in [1.165, 1.54) is 48.6 Å². The second kappa shape index (κ2) is 7.92. The molecule has 8 heteroatoms. The fourth-order valence-corrected chi connectivity index (χ4v) is 6.54. The minimum absolute atomic E-state index is 0.333. The molecule has 2 N–H and O–H groups in total. The van der Waals surface area contributed by atoms with Crippen molar-refractivity contribution in [2.24, 2.45) is 5.41 Å². The van der Waals surface area contributed by atoms with Gasteiger partial charge in [-0.15, -0.1) is 0 Å². The first-order valence-electron chi connectivity index (χ1n) is 11.3. The smallest absolute Gasteiger partial charge is 0.211 e. The van der Waals surface area contributed by atoms with Crippen molar-refractivity contribution in [2.75, 3.05) is 23.7 Å². The number of aromatic nitrogens is 4. The summed E-state index contributed by atoms with van der Waals surface area (Å²) < 4.78 is 2.11. The number of benzene rings is 1. The van der Waals surface area contributed by atoms with E-state index in [0.717, 1.165) is 40.2 Å². The predicted molar refractivity (Wildman–Crippen MR) is 133 cm³/mol. The summed E-state index contributed by atoms with van der Waals surface area (Å²) in [6.45, 7) is 4.05. The predicted octanol–water partition coefficient (Wildman–Crippen LogP) is 5.20. The molecule has 4 heterocycles. The fraction of sp³-hybridized carbons (Fsp3) is 0.320. The molecule has 6 nitrogen and oxygen atoms in total. The molecule has 0 bridgehead atoms. The van der Waals surface area contributed by atoms with Gasteiger partial charge in [0.15, 0.2) is 5.65 Å². The van der Waals surface area contributed by atoms with Gasteiger partial charge in [-0.05, 0) is 55.2 Å². The number of hydrogen-bond acceptors (Lipinski definition) is 6. The Morgan fingerprint density at radius 1 is 1.03 bits per heavy atom. The Hall–Kier alpha value is -2.77. The van der Waals surface area contributed by atoms with Crippen LogP contribution in [-0.4, -0.2) is 32.4 Å². The molecule has 168 valence electrons. The third-order valence-electron chi connectivity index (χ3n) is 7.10. The van der Waals surface area contributed by atoms with Crippen molar-refractivity contribution < 1.29 is 0 Å². The summed E-state index contributed by atoms with van der Waals surface area (Å²) in [7, 11) is 0. The van der Waals surface area contributed by atoms with Gasteiger partial charge < -0.3 is 10.6 Å². The summed E-state index contributed by atoms with van der Waals surface area (Å²) in [6.07, 6.45) is 10.3. The number of nitrogens with two attached hydrogens (primary N) is 1. The first-order valence-corrected chi connectivity index (χ1v) is 12.5. The largest absolute Gasteiger partial charge is 0.382 e. The lowest BCUT2D eigenvalue weighted by Gasteiger charge is -2.40. The van der Waals surface area contributed by atoms with E-state index in [2.05, 4.69) is 43.5 Å². The minimum Gasteiger partial charge on any atom is -0.382 e. The van der Waals surface area contributed by atoms with Crippen LogP contribution in [0.5, 0.6) is 0 Å². The number of rotatable bonds is 3. The lowest BCUT2D eigenvalue weighted by Crippen LogP contribution is -2.41. The summed E-state index contributed by atoms with van der Waals surface area (Å²) in [5, 5.41) is 0.467. The van der Waals surface area contributed by atoms with Crippen molar-refractivity contribution in [3.8, 4) is 0 Å². The number of imidazole rings is 1. The average molecular weight is 477 g/mol. The van der Waals surface area contributed by atoms with Crippen molar-refractivity contribution in [1.82, 2.24) is 19.4 Å². The molecular formula is C25H25ClN6S. The Bertz CT molecular complexity index is 1330. The Balaban J connectivity index is 1.28. The molecule has 1 aliphatic heterocycles. The minimum atomic E-state index is 0.333. The van der Waals surface area contributed by atoms with Gasteiger partial charge in [-0.1, -0.05) is 47.6 Å². The SMILES string of the molecule is Cc1nc(N2CCC3(CC2)Cc2ccccc2C3)n2ccnc2c1Sc1ccnc(N)c1Cl. The first-order chi connectivity index (χ1) is 16.0. The van der Waals surface area contributed by atoms with Gasteiger partial charge in [-0.25, -0.2) is 15.0 Å². The Kier molecular flexibility index (Phi) is 4.99. The number of hydrogen-bond donors (Lipinski definition) is 1. The number of halogens is 1. The van der Waals surface area contributed by atoms with E-state index >= 15 is 0 Å². The highest BCUT2D eigenvalue weighted by Gasteiger charge is 2.40. The number of anilines is 2. The van der Waals surface area contributed by atoms with E-state index in [1.54, 1.807) is 6.20 Å². The molecule has 0 saturated carbocycles. The van der Waals surface area contributed by atoms with E-state index in [0.29, 0.717) is 16.3 Å². The number of nitrogen functional groups attached to an aromatic ring is 1. The van der Waals surface area contributed by atoms with Crippen LogP contribution in [0.25, 0.3) is 5.65 Å². The van der Waals surface area contributed by atoms with Crippen molar-refractivity contribution in [3.63, 3.8) is 0 Å². The summed E-state index contributed by atoms with van der Waals surface area (Å²) >= 11 is 7.94. The second-order valence-corrected chi connectivity index (χ2v) is 10.6. The number of nitrogens with zero attached hydrogens (tertiary/aromatic N) is 5. The monoisotopic (exact) mass is 476 g/mol. The Morgan fingerprint density at radius 3 is 2.48 bits per heavy atom. The molecule has 33 heavy (non-hydrogen) atoms. The van der Waals surface area contributed by atoms with E-state index in [4.69, 9.17) is 22.3 Å². The maximum Gasteiger partial charge on any atom is 0.211 e. The third kappa shape index (κ3) is 3.54.